The standard InChI is InChI=1S/C13H18ClN3O/c1-9(2)7-16-13(15)17-8-12(18)10-3-5-11(14)6-4-10/h3-6,12,18H,1,7-8H2,2H3,(H3,15,16,17)/t12-/m0/s1. The summed E-state index contributed by atoms with van der Waals surface area (Å²) < 4.78 is 0. The van der Waals surface area contributed by atoms with Crippen LogP contribution < -0.4 is 11.1 Å². The van der Waals surface area contributed by atoms with Crippen molar-refractivity contribution in [3.8, 4) is 0 Å². The van der Waals surface area contributed by atoms with E-state index in [1.807, 2.05) is 6.92 Å². The SMILES string of the molecule is C=C(C)CNC(N)=NC[C@H](O)c1ccc(Cl)cc1. The number of aliphatic imine (C=N–C) groups is 1. The van der Waals surface area contributed by atoms with E-state index >= 15 is 0 Å². The lowest BCUT2D eigenvalue weighted by molar-refractivity contribution is 0.187. The molecule has 5 heteroatoms. The van der Waals surface area contributed by atoms with Crippen LogP contribution in [0.2, 0.25) is 5.02 Å². The average Bonchev–Trinajstić information content (AvgIpc) is 2.34. The van der Waals surface area contributed by atoms with Gasteiger partial charge in [0.15, 0.2) is 5.96 Å². The highest BCUT2D eigenvalue weighted by Crippen LogP contribution is 2.16. The van der Waals surface area contributed by atoms with Gasteiger partial charge < -0.3 is 16.2 Å². The molecule has 4 N–H and O–H groups in total. The summed E-state index contributed by atoms with van der Waals surface area (Å²) in [4.78, 5) is 4.05. The van der Waals surface area contributed by atoms with Crippen molar-refractivity contribution < 1.29 is 5.11 Å². The van der Waals surface area contributed by atoms with Crippen molar-refractivity contribution in [1.82, 2.24) is 5.32 Å². The van der Waals surface area contributed by atoms with Crippen molar-refractivity contribution in [3.63, 3.8) is 0 Å². The maximum absolute atomic E-state index is 9.89. The van der Waals surface area contributed by atoms with Crippen LogP contribution in [-0.4, -0.2) is 24.2 Å². The molecule has 0 unspecified atom stereocenters. The van der Waals surface area contributed by atoms with E-state index in [0.717, 1.165) is 11.1 Å². The summed E-state index contributed by atoms with van der Waals surface area (Å²) in [5.41, 5.74) is 7.36. The molecule has 0 aromatic heterocycles. The van der Waals surface area contributed by atoms with Gasteiger partial charge in [-0.25, -0.2) is 0 Å². The molecule has 1 atom stereocenters. The predicted octanol–water partition coefficient (Wildman–Crippen LogP) is 1.85. The van der Waals surface area contributed by atoms with Crippen LogP contribution in [0.5, 0.6) is 0 Å². The van der Waals surface area contributed by atoms with Crippen LogP contribution >= 0.6 is 11.6 Å². The van der Waals surface area contributed by atoms with Gasteiger partial charge >= 0.3 is 0 Å². The second-order valence-electron chi connectivity index (χ2n) is 4.10. The van der Waals surface area contributed by atoms with Gasteiger partial charge in [0.2, 0.25) is 0 Å². The fraction of sp³-hybridized carbons (Fsp3) is 0.308. The number of aliphatic hydroxyl groups excluding tert-OH is 1. The molecule has 0 bridgehead atoms. The highest BCUT2D eigenvalue weighted by atomic mass is 35.5. The third-order valence-electron chi connectivity index (χ3n) is 2.26. The van der Waals surface area contributed by atoms with Crippen LogP contribution in [0.15, 0.2) is 41.4 Å². The molecule has 0 aliphatic heterocycles. The van der Waals surface area contributed by atoms with E-state index in [0.29, 0.717) is 17.5 Å². The van der Waals surface area contributed by atoms with Gasteiger partial charge in [-0.1, -0.05) is 35.9 Å². The van der Waals surface area contributed by atoms with Crippen LogP contribution in [0.25, 0.3) is 0 Å². The van der Waals surface area contributed by atoms with Gasteiger partial charge in [0.1, 0.15) is 0 Å². The fourth-order valence-electron chi connectivity index (χ4n) is 1.27. The summed E-state index contributed by atoms with van der Waals surface area (Å²) in [5, 5.41) is 13.4. The Labute approximate surface area is 112 Å². The molecule has 0 heterocycles. The molecular formula is C13H18ClN3O. The molecule has 0 amide bonds. The van der Waals surface area contributed by atoms with Crippen molar-refractivity contribution >= 4 is 17.6 Å². The van der Waals surface area contributed by atoms with Gasteiger partial charge in [0.25, 0.3) is 0 Å². The number of guanidine groups is 1. The lowest BCUT2D eigenvalue weighted by Crippen LogP contribution is -2.33. The summed E-state index contributed by atoms with van der Waals surface area (Å²) in [6, 6.07) is 6.99. The first-order valence-electron chi connectivity index (χ1n) is 5.60. The molecule has 0 spiro atoms. The third-order valence-corrected chi connectivity index (χ3v) is 2.51. The van der Waals surface area contributed by atoms with E-state index in [4.69, 9.17) is 17.3 Å². The Hall–Kier alpha value is -1.52. The Morgan fingerprint density at radius 3 is 2.67 bits per heavy atom. The molecule has 18 heavy (non-hydrogen) atoms. The van der Waals surface area contributed by atoms with E-state index in [-0.39, 0.29) is 6.54 Å². The van der Waals surface area contributed by atoms with E-state index in [1.54, 1.807) is 24.3 Å². The lowest BCUT2D eigenvalue weighted by atomic mass is 10.1. The number of halogens is 1. The molecule has 0 fully saturated rings. The van der Waals surface area contributed by atoms with Gasteiger partial charge in [0.05, 0.1) is 12.6 Å². The summed E-state index contributed by atoms with van der Waals surface area (Å²) in [5.74, 6) is 0.297. The highest BCUT2D eigenvalue weighted by molar-refractivity contribution is 6.30. The van der Waals surface area contributed by atoms with Crippen molar-refractivity contribution in [2.45, 2.75) is 13.0 Å². The molecule has 1 aromatic rings. The average molecular weight is 268 g/mol. The van der Waals surface area contributed by atoms with Gasteiger partial charge in [-0.2, -0.15) is 0 Å². The topological polar surface area (TPSA) is 70.6 Å². The zero-order valence-electron chi connectivity index (χ0n) is 10.4. The number of nitrogens with two attached hydrogens (primary N) is 1. The molecule has 0 saturated heterocycles. The zero-order chi connectivity index (χ0) is 13.5. The van der Waals surface area contributed by atoms with E-state index < -0.39 is 6.10 Å². The summed E-state index contributed by atoms with van der Waals surface area (Å²) in [6.07, 6.45) is -0.688. The molecule has 0 saturated carbocycles. The number of hydrogen-bond acceptors (Lipinski definition) is 2. The van der Waals surface area contributed by atoms with Gasteiger partial charge in [-0.3, -0.25) is 4.99 Å². The highest BCUT2D eigenvalue weighted by Gasteiger charge is 2.06. The molecule has 1 rings (SSSR count). The Kier molecular flexibility index (Phi) is 5.68. The number of nitrogens with one attached hydrogen (secondary N) is 1. The monoisotopic (exact) mass is 267 g/mol. The summed E-state index contributed by atoms with van der Waals surface area (Å²) in [7, 11) is 0. The molecule has 1 aromatic carbocycles. The molecule has 98 valence electrons. The number of aliphatic hydroxyl groups is 1. The minimum absolute atomic E-state index is 0.205. The first-order valence-corrected chi connectivity index (χ1v) is 5.98. The molecule has 0 aliphatic rings. The minimum Gasteiger partial charge on any atom is -0.386 e. The quantitative estimate of drug-likeness (QED) is 0.433. The Bertz CT molecular complexity index is 428. The van der Waals surface area contributed by atoms with Crippen LogP contribution in [0, 0.1) is 0 Å². The smallest absolute Gasteiger partial charge is 0.188 e. The Morgan fingerprint density at radius 2 is 2.11 bits per heavy atom. The summed E-state index contributed by atoms with van der Waals surface area (Å²) in [6.45, 7) is 6.42. The van der Waals surface area contributed by atoms with Crippen molar-refractivity contribution in [3.05, 3.63) is 47.0 Å². The van der Waals surface area contributed by atoms with Crippen LogP contribution in [0.4, 0.5) is 0 Å². The van der Waals surface area contributed by atoms with Crippen LogP contribution in [0.3, 0.4) is 0 Å². The second kappa shape index (κ2) is 7.03. The van der Waals surface area contributed by atoms with Gasteiger partial charge in [-0.15, -0.1) is 0 Å². The van der Waals surface area contributed by atoms with Crippen molar-refractivity contribution in [2.75, 3.05) is 13.1 Å². The van der Waals surface area contributed by atoms with E-state index in [1.165, 1.54) is 0 Å². The first kappa shape index (κ1) is 14.5. The fourth-order valence-corrected chi connectivity index (χ4v) is 1.40. The summed E-state index contributed by atoms with van der Waals surface area (Å²) >= 11 is 5.77. The van der Waals surface area contributed by atoms with Crippen molar-refractivity contribution in [2.24, 2.45) is 10.7 Å². The largest absolute Gasteiger partial charge is 0.386 e. The van der Waals surface area contributed by atoms with Crippen LogP contribution in [-0.2, 0) is 0 Å². The Morgan fingerprint density at radius 1 is 1.50 bits per heavy atom. The van der Waals surface area contributed by atoms with Crippen molar-refractivity contribution in [1.29, 1.82) is 0 Å². The van der Waals surface area contributed by atoms with Gasteiger partial charge in [-0.05, 0) is 24.6 Å². The number of hydrogen-bond donors (Lipinski definition) is 3. The van der Waals surface area contributed by atoms with Crippen LogP contribution in [0.1, 0.15) is 18.6 Å². The normalized spacial score (nSPS) is 13.2. The lowest BCUT2D eigenvalue weighted by Gasteiger charge is -2.10. The maximum atomic E-state index is 9.89. The first-order chi connectivity index (χ1) is 8.49. The molecule has 0 radical (unpaired) electrons. The number of benzene rings is 1. The minimum atomic E-state index is -0.688. The van der Waals surface area contributed by atoms with Gasteiger partial charge in [0, 0.05) is 11.6 Å². The van der Waals surface area contributed by atoms with E-state index in [2.05, 4.69) is 16.9 Å². The Balaban J connectivity index is 2.49. The predicted molar refractivity (Wildman–Crippen MR) is 75.7 cm³/mol. The zero-order valence-corrected chi connectivity index (χ0v) is 11.1. The molecular weight excluding hydrogens is 250 g/mol. The maximum Gasteiger partial charge on any atom is 0.188 e. The number of rotatable bonds is 5. The molecule has 4 nitrogen and oxygen atoms in total. The third kappa shape index (κ3) is 5.21. The number of nitrogens with zero attached hydrogens (tertiary/aromatic N) is 1. The second-order valence-corrected chi connectivity index (χ2v) is 4.54. The molecule has 0 aliphatic carbocycles. The van der Waals surface area contributed by atoms with E-state index in [9.17, 15) is 5.11 Å².